The molecular weight excluding hydrogens is 377 g/mol. The zero-order chi connectivity index (χ0) is 15.4. The van der Waals surface area contributed by atoms with Gasteiger partial charge in [0.2, 0.25) is 0 Å². The smallest absolute Gasteiger partial charge is 0.257 e. The van der Waals surface area contributed by atoms with E-state index in [4.69, 9.17) is 11.6 Å². The molecule has 1 aromatic heterocycles. The van der Waals surface area contributed by atoms with Crippen molar-refractivity contribution in [3.63, 3.8) is 0 Å². The summed E-state index contributed by atoms with van der Waals surface area (Å²) in [4.78, 5) is 15.0. The fourth-order valence-electron chi connectivity index (χ4n) is 1.83. The number of hydrogen-bond acceptors (Lipinski definition) is 2. The van der Waals surface area contributed by atoms with Gasteiger partial charge < -0.3 is 4.90 Å². The molecule has 1 aromatic carbocycles. The molecule has 2 nitrogen and oxygen atoms in total. The zero-order valence-corrected chi connectivity index (χ0v) is 14.1. The van der Waals surface area contributed by atoms with Crippen LogP contribution < -0.4 is 0 Å². The fourth-order valence-corrected chi connectivity index (χ4v) is 3.30. The highest BCUT2D eigenvalue weighted by Gasteiger charge is 2.19. The van der Waals surface area contributed by atoms with Crippen LogP contribution >= 0.6 is 38.9 Å². The van der Waals surface area contributed by atoms with Gasteiger partial charge in [0.1, 0.15) is 5.82 Å². The van der Waals surface area contributed by atoms with E-state index in [1.165, 1.54) is 28.4 Å². The van der Waals surface area contributed by atoms with Crippen molar-refractivity contribution >= 4 is 44.8 Å². The van der Waals surface area contributed by atoms with Crippen LogP contribution in [0.4, 0.5) is 4.39 Å². The molecule has 0 atom stereocenters. The molecule has 0 fully saturated rings. The van der Waals surface area contributed by atoms with Crippen molar-refractivity contribution in [1.82, 2.24) is 4.90 Å². The normalized spacial score (nSPS) is 10.4. The van der Waals surface area contributed by atoms with Crippen LogP contribution in [-0.2, 0) is 6.54 Å². The van der Waals surface area contributed by atoms with E-state index in [0.29, 0.717) is 21.9 Å². The standard InChI is InChI=1S/C15H12BrClFNOS/c1-2-7-19(9-11-4-6-14(17)21-11)15(20)12-8-10(16)3-5-13(12)18/h2-6,8H,1,7,9H2. The van der Waals surface area contributed by atoms with Gasteiger partial charge in [0.05, 0.1) is 16.4 Å². The average Bonchev–Trinajstić information content (AvgIpc) is 2.86. The monoisotopic (exact) mass is 387 g/mol. The molecule has 2 rings (SSSR count). The van der Waals surface area contributed by atoms with Gasteiger partial charge in [0.25, 0.3) is 5.91 Å². The largest absolute Gasteiger partial charge is 0.330 e. The number of nitrogens with zero attached hydrogens (tertiary/aromatic N) is 1. The highest BCUT2D eigenvalue weighted by molar-refractivity contribution is 9.10. The molecule has 6 heteroatoms. The van der Waals surface area contributed by atoms with Crippen molar-refractivity contribution in [2.24, 2.45) is 0 Å². The Balaban J connectivity index is 2.26. The number of benzene rings is 1. The van der Waals surface area contributed by atoms with Gasteiger partial charge in [-0.05, 0) is 30.3 Å². The first-order valence-corrected chi connectivity index (χ1v) is 8.09. The van der Waals surface area contributed by atoms with Gasteiger partial charge >= 0.3 is 0 Å². The van der Waals surface area contributed by atoms with Gasteiger partial charge in [-0.3, -0.25) is 4.79 Å². The highest BCUT2D eigenvalue weighted by Crippen LogP contribution is 2.24. The third kappa shape index (κ3) is 4.15. The molecule has 0 aliphatic rings. The first kappa shape index (κ1) is 16.2. The SMILES string of the molecule is C=CCN(Cc1ccc(Cl)s1)C(=O)c1cc(Br)ccc1F. The van der Waals surface area contributed by atoms with Crippen LogP contribution in [0.2, 0.25) is 4.34 Å². The van der Waals surface area contributed by atoms with E-state index >= 15 is 0 Å². The van der Waals surface area contributed by atoms with Crippen LogP contribution in [0.3, 0.4) is 0 Å². The molecular formula is C15H12BrClFNOS. The van der Waals surface area contributed by atoms with Crippen molar-refractivity contribution in [1.29, 1.82) is 0 Å². The Morgan fingerprint density at radius 2 is 2.19 bits per heavy atom. The average molecular weight is 389 g/mol. The van der Waals surface area contributed by atoms with E-state index < -0.39 is 5.82 Å². The third-order valence-corrected chi connectivity index (χ3v) is 4.48. The van der Waals surface area contributed by atoms with Gasteiger partial charge in [-0.15, -0.1) is 17.9 Å². The minimum absolute atomic E-state index is 0.0360. The van der Waals surface area contributed by atoms with Crippen molar-refractivity contribution in [2.45, 2.75) is 6.54 Å². The summed E-state index contributed by atoms with van der Waals surface area (Å²) in [6.45, 7) is 4.35. The number of carbonyl (C=O) groups excluding carboxylic acids is 1. The summed E-state index contributed by atoms with van der Waals surface area (Å²) < 4.78 is 15.2. The molecule has 0 N–H and O–H groups in total. The first-order valence-electron chi connectivity index (χ1n) is 6.10. The molecule has 0 radical (unpaired) electrons. The Bertz CT molecular complexity index is 673. The summed E-state index contributed by atoms with van der Waals surface area (Å²) >= 11 is 10.5. The maximum absolute atomic E-state index is 13.9. The number of hydrogen-bond donors (Lipinski definition) is 0. The molecule has 0 saturated carbocycles. The second-order valence-corrected chi connectivity index (χ2v) is 7.02. The molecule has 0 saturated heterocycles. The minimum Gasteiger partial charge on any atom is -0.330 e. The Hall–Kier alpha value is -1.17. The highest BCUT2D eigenvalue weighted by atomic mass is 79.9. The topological polar surface area (TPSA) is 20.3 Å². The van der Waals surface area contributed by atoms with Crippen molar-refractivity contribution < 1.29 is 9.18 Å². The van der Waals surface area contributed by atoms with Crippen LogP contribution in [0.1, 0.15) is 15.2 Å². The van der Waals surface area contributed by atoms with Gasteiger partial charge in [0.15, 0.2) is 0 Å². The summed E-state index contributed by atoms with van der Waals surface area (Å²) in [5.74, 6) is -0.917. The molecule has 110 valence electrons. The predicted octanol–water partition coefficient (Wildman–Crippen LogP) is 5.13. The van der Waals surface area contributed by atoms with Crippen molar-refractivity contribution in [2.75, 3.05) is 6.54 Å². The maximum Gasteiger partial charge on any atom is 0.257 e. The van der Waals surface area contributed by atoms with E-state index in [1.807, 2.05) is 6.07 Å². The lowest BCUT2D eigenvalue weighted by molar-refractivity contribution is 0.0759. The number of carbonyl (C=O) groups is 1. The summed E-state index contributed by atoms with van der Waals surface area (Å²) in [5.41, 5.74) is 0.0360. The summed E-state index contributed by atoms with van der Waals surface area (Å²) in [7, 11) is 0. The lowest BCUT2D eigenvalue weighted by atomic mass is 10.2. The fraction of sp³-hybridized carbons (Fsp3) is 0.133. The third-order valence-electron chi connectivity index (χ3n) is 2.77. The predicted molar refractivity (Wildman–Crippen MR) is 88.4 cm³/mol. The number of rotatable bonds is 5. The van der Waals surface area contributed by atoms with E-state index in [-0.39, 0.29) is 11.5 Å². The van der Waals surface area contributed by atoms with Crippen LogP contribution in [-0.4, -0.2) is 17.4 Å². The summed E-state index contributed by atoms with van der Waals surface area (Å²) in [6.07, 6.45) is 1.61. The number of amides is 1. The van der Waals surface area contributed by atoms with Crippen molar-refractivity contribution in [3.8, 4) is 0 Å². The minimum atomic E-state index is -0.540. The molecule has 2 aromatic rings. The summed E-state index contributed by atoms with van der Waals surface area (Å²) in [6, 6.07) is 7.94. The summed E-state index contributed by atoms with van der Waals surface area (Å²) in [5, 5.41) is 0. The second kappa shape index (κ2) is 7.20. The molecule has 0 unspecified atom stereocenters. The van der Waals surface area contributed by atoms with Crippen LogP contribution in [0.25, 0.3) is 0 Å². The molecule has 0 aliphatic heterocycles. The second-order valence-electron chi connectivity index (χ2n) is 4.30. The van der Waals surface area contributed by atoms with Gasteiger partial charge in [-0.25, -0.2) is 4.39 Å². The molecule has 0 spiro atoms. The zero-order valence-electron chi connectivity index (χ0n) is 11.0. The molecule has 1 heterocycles. The maximum atomic E-state index is 13.9. The van der Waals surface area contributed by atoms with E-state index in [2.05, 4.69) is 22.5 Å². The van der Waals surface area contributed by atoms with Crippen LogP contribution in [0.15, 0.2) is 47.5 Å². The number of halogens is 3. The van der Waals surface area contributed by atoms with E-state index in [1.54, 1.807) is 18.2 Å². The Kier molecular flexibility index (Phi) is 5.56. The molecule has 0 aliphatic carbocycles. The van der Waals surface area contributed by atoms with Gasteiger partial charge in [0, 0.05) is 15.9 Å². The molecule has 21 heavy (non-hydrogen) atoms. The van der Waals surface area contributed by atoms with Crippen LogP contribution in [0, 0.1) is 5.82 Å². The lowest BCUT2D eigenvalue weighted by Gasteiger charge is -2.21. The molecule has 1 amide bonds. The molecule has 0 bridgehead atoms. The van der Waals surface area contributed by atoms with Crippen molar-refractivity contribution in [3.05, 3.63) is 68.1 Å². The Morgan fingerprint density at radius 1 is 1.43 bits per heavy atom. The van der Waals surface area contributed by atoms with Crippen LogP contribution in [0.5, 0.6) is 0 Å². The van der Waals surface area contributed by atoms with E-state index in [0.717, 1.165) is 4.88 Å². The number of thiophene rings is 1. The first-order chi connectivity index (χ1) is 10.0. The van der Waals surface area contributed by atoms with Gasteiger partial charge in [-0.1, -0.05) is 33.6 Å². The lowest BCUT2D eigenvalue weighted by Crippen LogP contribution is -2.31. The van der Waals surface area contributed by atoms with E-state index in [9.17, 15) is 9.18 Å². The Morgan fingerprint density at radius 3 is 2.81 bits per heavy atom. The Labute approximate surface area is 140 Å². The quantitative estimate of drug-likeness (QED) is 0.650. The van der Waals surface area contributed by atoms with Gasteiger partial charge in [-0.2, -0.15) is 0 Å².